The molecule has 8 nitrogen and oxygen atoms in total. The summed E-state index contributed by atoms with van der Waals surface area (Å²) < 4.78 is 1.98. The molecule has 0 atom stereocenters. The van der Waals surface area contributed by atoms with Crippen LogP contribution in [0.15, 0.2) is 65.8 Å². The van der Waals surface area contributed by atoms with Crippen molar-refractivity contribution in [2.75, 3.05) is 29.1 Å². The number of imide groups is 1. The summed E-state index contributed by atoms with van der Waals surface area (Å²) in [5, 5.41) is 14.4. The first-order chi connectivity index (χ1) is 15.2. The number of amides is 3. The predicted molar refractivity (Wildman–Crippen MR) is 122 cm³/mol. The molecular formula is C22H24N6O2S. The quantitative estimate of drug-likeness (QED) is 0.573. The second-order valence-electron chi connectivity index (χ2n) is 7.16. The Balaban J connectivity index is 1.43. The number of carbonyl (C=O) groups excluding carboxylic acids is 2. The summed E-state index contributed by atoms with van der Waals surface area (Å²) in [5.74, 6) is 0.434. The fourth-order valence-corrected chi connectivity index (χ4v) is 4.18. The number of thioether (sulfide) groups is 1. The largest absolute Gasteiger partial charge is 0.341 e. The van der Waals surface area contributed by atoms with E-state index in [0.29, 0.717) is 10.8 Å². The van der Waals surface area contributed by atoms with E-state index >= 15 is 0 Å². The molecule has 0 unspecified atom stereocenters. The Morgan fingerprint density at radius 2 is 1.58 bits per heavy atom. The number of benzene rings is 2. The summed E-state index contributed by atoms with van der Waals surface area (Å²) in [6.07, 6.45) is 3.48. The van der Waals surface area contributed by atoms with E-state index in [2.05, 4.69) is 25.7 Å². The van der Waals surface area contributed by atoms with E-state index in [1.54, 1.807) is 12.1 Å². The Bertz CT molecular complexity index is 1020. The Labute approximate surface area is 185 Å². The third-order valence-corrected chi connectivity index (χ3v) is 5.82. The van der Waals surface area contributed by atoms with Crippen molar-refractivity contribution in [2.24, 2.45) is 0 Å². The number of para-hydroxylation sites is 2. The van der Waals surface area contributed by atoms with Crippen molar-refractivity contribution in [3.8, 4) is 5.69 Å². The standard InChI is InChI=1S/C22H24N6O2S/c29-19(24-20(30)23-17-10-4-1-5-11-17)16-31-22-26-25-21(27-14-8-3-9-15-27)28(22)18-12-6-2-7-13-18/h1-2,4-7,10-13H,3,8-9,14-16H2,(H2,23,24,29,30). The molecule has 1 aliphatic heterocycles. The van der Waals surface area contributed by atoms with Gasteiger partial charge in [0.15, 0.2) is 5.16 Å². The van der Waals surface area contributed by atoms with Gasteiger partial charge in [0.1, 0.15) is 0 Å². The first-order valence-corrected chi connectivity index (χ1v) is 11.2. The topological polar surface area (TPSA) is 92.2 Å². The number of nitrogens with zero attached hydrogens (tertiary/aromatic N) is 4. The van der Waals surface area contributed by atoms with Crippen molar-refractivity contribution in [1.29, 1.82) is 0 Å². The number of urea groups is 1. The molecule has 2 heterocycles. The molecule has 1 aromatic heterocycles. The van der Waals surface area contributed by atoms with Crippen LogP contribution in [0.25, 0.3) is 5.69 Å². The number of anilines is 2. The number of hydrogen-bond acceptors (Lipinski definition) is 6. The summed E-state index contributed by atoms with van der Waals surface area (Å²) in [4.78, 5) is 26.6. The van der Waals surface area contributed by atoms with Gasteiger partial charge in [0.2, 0.25) is 11.9 Å². The summed E-state index contributed by atoms with van der Waals surface area (Å²) in [5.41, 5.74) is 1.56. The van der Waals surface area contributed by atoms with Gasteiger partial charge in [-0.3, -0.25) is 14.7 Å². The van der Waals surface area contributed by atoms with Crippen LogP contribution in [0.3, 0.4) is 0 Å². The molecule has 4 rings (SSSR count). The summed E-state index contributed by atoms with van der Waals surface area (Å²) in [7, 11) is 0. The fraction of sp³-hybridized carbons (Fsp3) is 0.273. The molecular weight excluding hydrogens is 412 g/mol. The maximum Gasteiger partial charge on any atom is 0.325 e. The SMILES string of the molecule is O=C(CSc1nnc(N2CCCCC2)n1-c1ccccc1)NC(=O)Nc1ccccc1. The number of rotatable bonds is 6. The van der Waals surface area contributed by atoms with Crippen molar-refractivity contribution < 1.29 is 9.59 Å². The molecule has 0 bridgehead atoms. The zero-order chi connectivity index (χ0) is 21.5. The smallest absolute Gasteiger partial charge is 0.325 e. The van der Waals surface area contributed by atoms with Crippen LogP contribution in [0.2, 0.25) is 0 Å². The lowest BCUT2D eigenvalue weighted by Crippen LogP contribution is -2.35. The van der Waals surface area contributed by atoms with Crippen LogP contribution < -0.4 is 15.5 Å². The molecule has 0 saturated carbocycles. The van der Waals surface area contributed by atoms with Crippen LogP contribution >= 0.6 is 11.8 Å². The number of aromatic nitrogens is 3. The Kier molecular flexibility index (Phi) is 6.83. The third kappa shape index (κ3) is 5.43. The van der Waals surface area contributed by atoms with Crippen molar-refractivity contribution in [3.05, 3.63) is 60.7 Å². The molecule has 160 valence electrons. The summed E-state index contributed by atoms with van der Waals surface area (Å²) in [6.45, 7) is 1.88. The van der Waals surface area contributed by atoms with E-state index < -0.39 is 11.9 Å². The van der Waals surface area contributed by atoms with Crippen LogP contribution in [0.4, 0.5) is 16.4 Å². The fourth-order valence-electron chi connectivity index (χ4n) is 3.43. The highest BCUT2D eigenvalue weighted by Crippen LogP contribution is 2.28. The second kappa shape index (κ2) is 10.1. The number of carbonyl (C=O) groups is 2. The Hall–Kier alpha value is -3.33. The molecule has 31 heavy (non-hydrogen) atoms. The lowest BCUT2D eigenvalue weighted by atomic mass is 10.1. The number of nitrogens with one attached hydrogen (secondary N) is 2. The molecule has 0 radical (unpaired) electrons. The molecule has 1 fully saturated rings. The monoisotopic (exact) mass is 436 g/mol. The highest BCUT2D eigenvalue weighted by molar-refractivity contribution is 7.99. The highest BCUT2D eigenvalue weighted by Gasteiger charge is 2.22. The molecule has 2 aromatic carbocycles. The molecule has 0 aliphatic carbocycles. The van der Waals surface area contributed by atoms with E-state index in [-0.39, 0.29) is 5.75 Å². The van der Waals surface area contributed by atoms with E-state index in [4.69, 9.17) is 0 Å². The summed E-state index contributed by atoms with van der Waals surface area (Å²) in [6, 6.07) is 18.3. The molecule has 9 heteroatoms. The minimum atomic E-state index is -0.560. The zero-order valence-corrected chi connectivity index (χ0v) is 17.8. The third-order valence-electron chi connectivity index (χ3n) is 4.89. The predicted octanol–water partition coefficient (Wildman–Crippen LogP) is 3.70. The van der Waals surface area contributed by atoms with Gasteiger partial charge >= 0.3 is 6.03 Å². The van der Waals surface area contributed by atoms with Gasteiger partial charge < -0.3 is 10.2 Å². The van der Waals surface area contributed by atoms with Crippen LogP contribution in [-0.2, 0) is 4.79 Å². The lowest BCUT2D eigenvalue weighted by Gasteiger charge is -2.27. The van der Waals surface area contributed by atoms with E-state index in [1.807, 2.05) is 53.1 Å². The van der Waals surface area contributed by atoms with Crippen LogP contribution in [-0.4, -0.2) is 45.5 Å². The second-order valence-corrected chi connectivity index (χ2v) is 8.10. The Morgan fingerprint density at radius 3 is 2.29 bits per heavy atom. The number of piperidine rings is 1. The molecule has 1 aliphatic rings. The van der Waals surface area contributed by atoms with Gasteiger partial charge in [0.25, 0.3) is 0 Å². The molecule has 1 saturated heterocycles. The van der Waals surface area contributed by atoms with Crippen LogP contribution in [0.5, 0.6) is 0 Å². The van der Waals surface area contributed by atoms with Gasteiger partial charge in [-0.2, -0.15) is 0 Å². The first-order valence-electron chi connectivity index (χ1n) is 10.3. The van der Waals surface area contributed by atoms with Crippen molar-refractivity contribution in [1.82, 2.24) is 20.1 Å². The average Bonchev–Trinajstić information content (AvgIpc) is 3.23. The van der Waals surface area contributed by atoms with Crippen LogP contribution in [0.1, 0.15) is 19.3 Å². The number of hydrogen-bond donors (Lipinski definition) is 2. The van der Waals surface area contributed by atoms with Crippen molar-refractivity contribution >= 4 is 35.3 Å². The van der Waals surface area contributed by atoms with Crippen molar-refractivity contribution in [3.63, 3.8) is 0 Å². The maximum atomic E-state index is 12.3. The maximum absolute atomic E-state index is 12.3. The minimum absolute atomic E-state index is 0.0488. The van der Waals surface area contributed by atoms with Gasteiger partial charge in [-0.15, -0.1) is 10.2 Å². The van der Waals surface area contributed by atoms with E-state index in [9.17, 15) is 9.59 Å². The molecule has 2 N–H and O–H groups in total. The van der Waals surface area contributed by atoms with Crippen LogP contribution in [0, 0.1) is 0 Å². The Morgan fingerprint density at radius 1 is 0.903 bits per heavy atom. The lowest BCUT2D eigenvalue weighted by molar-refractivity contribution is -0.117. The molecule has 3 aromatic rings. The molecule has 3 amide bonds. The van der Waals surface area contributed by atoms with Gasteiger partial charge in [-0.25, -0.2) is 4.79 Å². The minimum Gasteiger partial charge on any atom is -0.341 e. The first kappa shape index (κ1) is 20.9. The zero-order valence-electron chi connectivity index (χ0n) is 17.0. The highest BCUT2D eigenvalue weighted by atomic mass is 32.2. The van der Waals surface area contributed by atoms with Gasteiger partial charge in [0, 0.05) is 18.8 Å². The van der Waals surface area contributed by atoms with Gasteiger partial charge in [-0.1, -0.05) is 48.2 Å². The van der Waals surface area contributed by atoms with E-state index in [1.165, 1.54) is 18.2 Å². The molecule has 0 spiro atoms. The van der Waals surface area contributed by atoms with Crippen molar-refractivity contribution in [2.45, 2.75) is 24.4 Å². The normalized spacial score (nSPS) is 13.6. The van der Waals surface area contributed by atoms with Gasteiger partial charge in [0.05, 0.1) is 11.4 Å². The average molecular weight is 437 g/mol. The summed E-state index contributed by atoms with van der Waals surface area (Å²) >= 11 is 1.25. The van der Waals surface area contributed by atoms with Gasteiger partial charge in [-0.05, 0) is 43.5 Å². The van der Waals surface area contributed by atoms with E-state index in [0.717, 1.165) is 37.6 Å².